The van der Waals surface area contributed by atoms with Gasteiger partial charge in [0, 0.05) is 24.7 Å². The molecule has 0 aliphatic carbocycles. The zero-order chi connectivity index (χ0) is 16.0. The van der Waals surface area contributed by atoms with E-state index in [9.17, 15) is 13.2 Å². The Balaban J connectivity index is 1.74. The lowest BCUT2D eigenvalue weighted by Gasteiger charge is -2.28. The number of rotatable bonds is 1. The van der Waals surface area contributed by atoms with Gasteiger partial charge < -0.3 is 10.2 Å². The molecule has 5 rings (SSSR count). The quantitative estimate of drug-likeness (QED) is 0.855. The average Bonchev–Trinajstić information content (AvgIpc) is 2.82. The van der Waals surface area contributed by atoms with Crippen LogP contribution in [0.25, 0.3) is 11.3 Å². The van der Waals surface area contributed by atoms with Crippen LogP contribution in [0.5, 0.6) is 0 Å². The highest BCUT2D eigenvalue weighted by atomic mass is 19.4. The number of fused-ring (bicyclic) bond motifs is 2. The third-order valence-corrected chi connectivity index (χ3v) is 4.54. The second-order valence-corrected chi connectivity index (χ2v) is 6.05. The Labute approximate surface area is 132 Å². The first-order chi connectivity index (χ1) is 11.0. The van der Waals surface area contributed by atoms with Gasteiger partial charge in [-0.15, -0.1) is 0 Å². The third kappa shape index (κ3) is 2.62. The summed E-state index contributed by atoms with van der Waals surface area (Å²) in [7, 11) is 0. The smallest absolute Gasteiger partial charge is 0.368 e. The molecule has 120 valence electrons. The van der Waals surface area contributed by atoms with Crippen LogP contribution in [0.15, 0.2) is 36.4 Å². The molecule has 0 spiro atoms. The zero-order valence-electron chi connectivity index (χ0n) is 12.4. The van der Waals surface area contributed by atoms with Gasteiger partial charge >= 0.3 is 6.18 Å². The van der Waals surface area contributed by atoms with Gasteiger partial charge in [-0.3, -0.25) is 0 Å². The lowest BCUT2D eigenvalue weighted by atomic mass is 10.1. The number of hydrogen-bond acceptors (Lipinski definition) is 3. The summed E-state index contributed by atoms with van der Waals surface area (Å²) in [5.41, 5.74) is 1.44. The van der Waals surface area contributed by atoms with Crippen molar-refractivity contribution in [1.29, 1.82) is 0 Å². The van der Waals surface area contributed by atoms with Crippen LogP contribution in [0.4, 0.5) is 24.7 Å². The summed E-state index contributed by atoms with van der Waals surface area (Å²) in [5.74, 6) is 0.778. The van der Waals surface area contributed by atoms with Gasteiger partial charge in [-0.2, -0.15) is 13.2 Å². The van der Waals surface area contributed by atoms with Crippen LogP contribution in [0.2, 0.25) is 0 Å². The van der Waals surface area contributed by atoms with Crippen molar-refractivity contribution in [1.82, 2.24) is 4.98 Å². The number of anilines is 2. The molecular weight excluding hydrogens is 303 g/mol. The molecule has 1 saturated heterocycles. The van der Waals surface area contributed by atoms with Crippen molar-refractivity contribution in [3.8, 4) is 11.3 Å². The van der Waals surface area contributed by atoms with Crippen molar-refractivity contribution < 1.29 is 13.2 Å². The molecule has 1 aromatic carbocycles. The topological polar surface area (TPSA) is 28.2 Å². The first-order valence-electron chi connectivity index (χ1n) is 7.71. The van der Waals surface area contributed by atoms with Gasteiger partial charge in [0.1, 0.15) is 0 Å². The summed E-state index contributed by atoms with van der Waals surface area (Å²) >= 11 is 0. The van der Waals surface area contributed by atoms with Crippen molar-refractivity contribution in [2.24, 2.45) is 0 Å². The molecule has 4 heterocycles. The van der Waals surface area contributed by atoms with E-state index in [0.717, 1.165) is 49.6 Å². The molecule has 1 N–H and O–H groups in total. The monoisotopic (exact) mass is 319 g/mol. The molecular formula is C17H16F3N3. The van der Waals surface area contributed by atoms with Crippen LogP contribution >= 0.6 is 0 Å². The lowest BCUT2D eigenvalue weighted by Crippen LogP contribution is -2.35. The van der Waals surface area contributed by atoms with Crippen molar-refractivity contribution in [3.63, 3.8) is 0 Å². The minimum atomic E-state index is -4.34. The number of nitrogens with one attached hydrogen (secondary N) is 1. The Bertz CT molecular complexity index is 734. The number of benzene rings is 1. The predicted octanol–water partition coefficient (Wildman–Crippen LogP) is 4.16. The molecule has 3 aliphatic rings. The molecule has 3 aliphatic heterocycles. The summed E-state index contributed by atoms with van der Waals surface area (Å²) in [4.78, 5) is 6.87. The SMILES string of the molecule is FC(F)(F)c1cccc(-c2ccc3c(n2)NC2CCN3CC2)c1. The van der Waals surface area contributed by atoms with Gasteiger partial charge in [0.25, 0.3) is 0 Å². The number of alkyl halides is 3. The molecule has 0 unspecified atom stereocenters. The first-order valence-corrected chi connectivity index (χ1v) is 7.71. The van der Waals surface area contributed by atoms with Crippen LogP contribution in [-0.2, 0) is 6.18 Å². The average molecular weight is 319 g/mol. The Kier molecular flexibility index (Phi) is 3.21. The number of halogens is 3. The maximum absolute atomic E-state index is 12.9. The number of aromatic nitrogens is 1. The number of nitrogens with zero attached hydrogens (tertiary/aromatic N) is 2. The van der Waals surface area contributed by atoms with Crippen molar-refractivity contribution in [3.05, 3.63) is 42.0 Å². The van der Waals surface area contributed by atoms with E-state index in [0.29, 0.717) is 17.3 Å². The Morgan fingerprint density at radius 2 is 1.87 bits per heavy atom. The van der Waals surface area contributed by atoms with E-state index < -0.39 is 11.7 Å². The van der Waals surface area contributed by atoms with Crippen LogP contribution in [0, 0.1) is 0 Å². The molecule has 6 heteroatoms. The molecule has 0 saturated carbocycles. The highest BCUT2D eigenvalue weighted by Gasteiger charge is 2.31. The second kappa shape index (κ2) is 5.15. The lowest BCUT2D eigenvalue weighted by molar-refractivity contribution is -0.137. The fourth-order valence-corrected chi connectivity index (χ4v) is 3.29. The molecule has 0 atom stereocenters. The highest BCUT2D eigenvalue weighted by molar-refractivity contribution is 5.73. The minimum Gasteiger partial charge on any atom is -0.368 e. The van der Waals surface area contributed by atoms with Gasteiger partial charge in [0.05, 0.1) is 16.9 Å². The summed E-state index contributed by atoms with van der Waals surface area (Å²) in [6.45, 7) is 1.99. The predicted molar refractivity (Wildman–Crippen MR) is 83.5 cm³/mol. The molecule has 23 heavy (non-hydrogen) atoms. The Morgan fingerprint density at radius 3 is 2.61 bits per heavy atom. The van der Waals surface area contributed by atoms with Gasteiger partial charge in [-0.05, 0) is 37.1 Å². The van der Waals surface area contributed by atoms with Crippen molar-refractivity contribution in [2.75, 3.05) is 23.3 Å². The number of piperidine rings is 1. The van der Waals surface area contributed by atoms with Gasteiger partial charge in [0.2, 0.25) is 0 Å². The van der Waals surface area contributed by atoms with Gasteiger partial charge in [0.15, 0.2) is 5.82 Å². The summed E-state index contributed by atoms with van der Waals surface area (Å²) in [6.07, 6.45) is -2.21. The fraction of sp³-hybridized carbons (Fsp3) is 0.353. The molecule has 0 radical (unpaired) electrons. The standard InChI is InChI=1S/C17H16F3N3/c18-17(19,20)12-3-1-2-11(10-12)14-4-5-15-16(22-14)21-13-6-8-23(15)9-7-13/h1-5,10,13H,6-9H2,(H,21,22). The van der Waals surface area contributed by atoms with Gasteiger partial charge in [-0.25, -0.2) is 4.98 Å². The van der Waals surface area contributed by atoms with E-state index in [1.54, 1.807) is 12.1 Å². The van der Waals surface area contributed by atoms with E-state index >= 15 is 0 Å². The van der Waals surface area contributed by atoms with Crippen molar-refractivity contribution in [2.45, 2.75) is 25.1 Å². The normalized spacial score (nSPS) is 17.6. The summed E-state index contributed by atoms with van der Waals surface area (Å²) < 4.78 is 38.6. The van der Waals surface area contributed by atoms with E-state index in [-0.39, 0.29) is 0 Å². The third-order valence-electron chi connectivity index (χ3n) is 4.54. The van der Waals surface area contributed by atoms with Crippen LogP contribution in [0.3, 0.4) is 0 Å². The molecule has 1 fully saturated rings. The number of pyridine rings is 1. The zero-order valence-corrected chi connectivity index (χ0v) is 12.4. The van der Waals surface area contributed by atoms with E-state index in [4.69, 9.17) is 0 Å². The van der Waals surface area contributed by atoms with E-state index in [1.165, 1.54) is 6.07 Å². The van der Waals surface area contributed by atoms with E-state index in [1.807, 2.05) is 6.07 Å². The summed E-state index contributed by atoms with van der Waals surface area (Å²) in [6, 6.07) is 9.48. The van der Waals surface area contributed by atoms with E-state index in [2.05, 4.69) is 15.2 Å². The number of hydrogen-bond donors (Lipinski definition) is 1. The van der Waals surface area contributed by atoms with Crippen LogP contribution < -0.4 is 10.2 Å². The maximum Gasteiger partial charge on any atom is 0.416 e. The maximum atomic E-state index is 12.9. The van der Waals surface area contributed by atoms with Gasteiger partial charge in [-0.1, -0.05) is 12.1 Å². The fourth-order valence-electron chi connectivity index (χ4n) is 3.29. The van der Waals surface area contributed by atoms with Crippen LogP contribution in [0.1, 0.15) is 18.4 Å². The minimum absolute atomic E-state index is 0.400. The first kappa shape index (κ1) is 14.4. The highest BCUT2D eigenvalue weighted by Crippen LogP contribution is 2.36. The second-order valence-electron chi connectivity index (χ2n) is 6.05. The molecule has 2 aromatic rings. The molecule has 2 bridgehead atoms. The molecule has 0 amide bonds. The summed E-state index contributed by atoms with van der Waals surface area (Å²) in [5, 5.41) is 3.43. The van der Waals surface area contributed by atoms with Crippen LogP contribution in [-0.4, -0.2) is 24.1 Å². The van der Waals surface area contributed by atoms with Crippen molar-refractivity contribution >= 4 is 11.5 Å². The molecule has 1 aromatic heterocycles. The Morgan fingerprint density at radius 1 is 1.09 bits per heavy atom. The largest absolute Gasteiger partial charge is 0.416 e. The molecule has 3 nitrogen and oxygen atoms in total. The Hall–Kier alpha value is -2.24.